The van der Waals surface area contributed by atoms with Crippen LogP contribution in [0.3, 0.4) is 0 Å². The molecule has 1 heterocycles. The minimum absolute atomic E-state index is 0.222. The van der Waals surface area contributed by atoms with Gasteiger partial charge in [0, 0.05) is 37.5 Å². The lowest BCUT2D eigenvalue weighted by Gasteiger charge is -2.19. The van der Waals surface area contributed by atoms with Crippen molar-refractivity contribution in [1.82, 2.24) is 19.4 Å². The monoisotopic (exact) mass is 418 g/mol. The molecule has 0 bridgehead atoms. The second-order valence-electron chi connectivity index (χ2n) is 6.93. The Labute approximate surface area is 173 Å². The Morgan fingerprint density at radius 1 is 1.21 bits per heavy atom. The van der Waals surface area contributed by atoms with E-state index in [0.717, 1.165) is 22.5 Å². The molecule has 1 amide bonds. The van der Waals surface area contributed by atoms with E-state index in [9.17, 15) is 13.2 Å². The molecule has 0 radical (unpaired) electrons. The summed E-state index contributed by atoms with van der Waals surface area (Å²) in [5.41, 5.74) is 3.62. The number of hydrogen-bond donors (Lipinski definition) is 1. The van der Waals surface area contributed by atoms with Crippen LogP contribution >= 0.6 is 0 Å². The van der Waals surface area contributed by atoms with Crippen LogP contribution in [0, 0.1) is 13.8 Å². The van der Waals surface area contributed by atoms with Gasteiger partial charge in [0.1, 0.15) is 0 Å². The Bertz CT molecular complexity index is 988. The van der Waals surface area contributed by atoms with Crippen LogP contribution < -0.4 is 5.32 Å². The number of rotatable bonds is 8. The molecule has 8 heteroatoms. The van der Waals surface area contributed by atoms with E-state index < -0.39 is 10.0 Å². The maximum Gasteiger partial charge on any atom is 0.244 e. The number of amides is 1. The van der Waals surface area contributed by atoms with Crippen LogP contribution in [0.4, 0.5) is 0 Å². The van der Waals surface area contributed by atoms with Crippen molar-refractivity contribution in [1.29, 1.82) is 0 Å². The predicted molar refractivity (Wildman–Crippen MR) is 115 cm³/mol. The SMILES string of the molecule is CCN(CC)S(=O)(=O)c1ccc(C(C)NC(=O)/C=C/c2c(C)nn(C)c2C)cc1. The second kappa shape index (κ2) is 9.37. The topological polar surface area (TPSA) is 84.3 Å². The smallest absolute Gasteiger partial charge is 0.244 e. The van der Waals surface area contributed by atoms with Crippen molar-refractivity contribution < 1.29 is 13.2 Å². The summed E-state index contributed by atoms with van der Waals surface area (Å²) >= 11 is 0. The first-order chi connectivity index (χ1) is 13.6. The van der Waals surface area contributed by atoms with Crippen molar-refractivity contribution in [2.75, 3.05) is 13.1 Å². The number of aryl methyl sites for hydroxylation is 2. The summed E-state index contributed by atoms with van der Waals surface area (Å²) in [5, 5.41) is 7.23. The van der Waals surface area contributed by atoms with E-state index >= 15 is 0 Å². The number of aromatic nitrogens is 2. The Kier molecular flexibility index (Phi) is 7.37. The molecule has 158 valence electrons. The zero-order chi connectivity index (χ0) is 21.8. The molecule has 29 heavy (non-hydrogen) atoms. The van der Waals surface area contributed by atoms with Gasteiger partial charge in [0.15, 0.2) is 0 Å². The first-order valence-electron chi connectivity index (χ1n) is 9.70. The third-order valence-electron chi connectivity index (χ3n) is 5.05. The minimum Gasteiger partial charge on any atom is -0.346 e. The van der Waals surface area contributed by atoms with Crippen molar-refractivity contribution in [3.63, 3.8) is 0 Å². The molecular weight excluding hydrogens is 388 g/mol. The van der Waals surface area contributed by atoms with Gasteiger partial charge in [-0.1, -0.05) is 26.0 Å². The third kappa shape index (κ3) is 5.13. The van der Waals surface area contributed by atoms with Gasteiger partial charge >= 0.3 is 0 Å². The van der Waals surface area contributed by atoms with Crippen LogP contribution in [0.1, 0.15) is 49.3 Å². The average molecular weight is 419 g/mol. The molecule has 0 aliphatic rings. The molecule has 0 saturated carbocycles. The summed E-state index contributed by atoms with van der Waals surface area (Å²) in [4.78, 5) is 12.6. The first kappa shape index (κ1) is 22.8. The van der Waals surface area contributed by atoms with Gasteiger partial charge in [-0.25, -0.2) is 8.42 Å². The summed E-state index contributed by atoms with van der Waals surface area (Å²) in [6.07, 6.45) is 3.26. The van der Waals surface area contributed by atoms with Gasteiger partial charge < -0.3 is 5.32 Å². The fraction of sp³-hybridized carbons (Fsp3) is 0.429. The molecule has 1 aromatic carbocycles. The average Bonchev–Trinajstić information content (AvgIpc) is 2.92. The summed E-state index contributed by atoms with van der Waals surface area (Å²) in [5.74, 6) is -0.222. The third-order valence-corrected chi connectivity index (χ3v) is 7.11. The largest absolute Gasteiger partial charge is 0.346 e. The molecule has 1 atom stereocenters. The molecule has 1 unspecified atom stereocenters. The predicted octanol–water partition coefficient (Wildman–Crippen LogP) is 2.96. The van der Waals surface area contributed by atoms with Crippen molar-refractivity contribution in [3.05, 3.63) is 52.9 Å². The van der Waals surface area contributed by atoms with Gasteiger partial charge in [0.2, 0.25) is 15.9 Å². The van der Waals surface area contributed by atoms with Crippen LogP contribution in [-0.4, -0.2) is 41.5 Å². The Hall–Kier alpha value is -2.45. The van der Waals surface area contributed by atoms with Gasteiger partial charge in [-0.15, -0.1) is 0 Å². The van der Waals surface area contributed by atoms with Crippen molar-refractivity contribution in [3.8, 4) is 0 Å². The number of carbonyl (C=O) groups is 1. The number of hydrogen-bond acceptors (Lipinski definition) is 4. The van der Waals surface area contributed by atoms with Crippen molar-refractivity contribution in [2.24, 2.45) is 7.05 Å². The quantitative estimate of drug-likeness (QED) is 0.668. The van der Waals surface area contributed by atoms with E-state index in [1.165, 1.54) is 10.4 Å². The van der Waals surface area contributed by atoms with Gasteiger partial charge in [0.05, 0.1) is 16.6 Å². The fourth-order valence-corrected chi connectivity index (χ4v) is 4.63. The first-order valence-corrected chi connectivity index (χ1v) is 11.1. The zero-order valence-corrected chi connectivity index (χ0v) is 18.7. The molecule has 0 spiro atoms. The lowest BCUT2D eigenvalue weighted by Crippen LogP contribution is -2.30. The lowest BCUT2D eigenvalue weighted by atomic mass is 10.1. The van der Waals surface area contributed by atoms with E-state index in [1.54, 1.807) is 35.0 Å². The van der Waals surface area contributed by atoms with E-state index in [-0.39, 0.29) is 16.8 Å². The molecule has 0 aliphatic carbocycles. The number of sulfonamides is 1. The highest BCUT2D eigenvalue weighted by atomic mass is 32.2. The van der Waals surface area contributed by atoms with Crippen LogP contribution in [-0.2, 0) is 21.9 Å². The maximum absolute atomic E-state index is 12.6. The lowest BCUT2D eigenvalue weighted by molar-refractivity contribution is -0.117. The fourth-order valence-electron chi connectivity index (χ4n) is 3.18. The molecule has 7 nitrogen and oxygen atoms in total. The van der Waals surface area contributed by atoms with E-state index in [2.05, 4.69) is 10.4 Å². The van der Waals surface area contributed by atoms with Crippen molar-refractivity contribution in [2.45, 2.75) is 45.6 Å². The standard InChI is InChI=1S/C21H30N4O3S/c1-7-25(8-2)29(27,28)19-11-9-18(10-12-19)15(3)22-21(26)14-13-20-16(4)23-24(6)17(20)5/h9-15H,7-8H2,1-6H3,(H,22,26)/b14-13+. The summed E-state index contributed by atoms with van der Waals surface area (Å²) in [6.45, 7) is 10.2. The summed E-state index contributed by atoms with van der Waals surface area (Å²) < 4.78 is 28.3. The maximum atomic E-state index is 12.6. The second-order valence-corrected chi connectivity index (χ2v) is 8.87. The van der Waals surface area contributed by atoms with Gasteiger partial charge in [-0.05, 0) is 44.5 Å². The van der Waals surface area contributed by atoms with Crippen LogP contribution in [0.5, 0.6) is 0 Å². The van der Waals surface area contributed by atoms with Crippen LogP contribution in [0.2, 0.25) is 0 Å². The van der Waals surface area contributed by atoms with Gasteiger partial charge in [0.25, 0.3) is 0 Å². The number of nitrogens with one attached hydrogen (secondary N) is 1. The molecule has 2 rings (SSSR count). The Morgan fingerprint density at radius 3 is 2.28 bits per heavy atom. The zero-order valence-electron chi connectivity index (χ0n) is 17.9. The molecule has 2 aromatic rings. The number of benzene rings is 1. The van der Waals surface area contributed by atoms with Crippen molar-refractivity contribution >= 4 is 22.0 Å². The Morgan fingerprint density at radius 2 is 1.79 bits per heavy atom. The summed E-state index contributed by atoms with van der Waals surface area (Å²) in [6, 6.07) is 6.39. The van der Waals surface area contributed by atoms with E-state index in [4.69, 9.17) is 0 Å². The molecule has 0 saturated heterocycles. The molecule has 0 aliphatic heterocycles. The molecular formula is C21H30N4O3S. The normalized spacial score (nSPS) is 13.2. The Balaban J connectivity index is 2.08. The highest BCUT2D eigenvalue weighted by molar-refractivity contribution is 7.89. The van der Waals surface area contributed by atoms with Gasteiger partial charge in [-0.3, -0.25) is 9.48 Å². The van der Waals surface area contributed by atoms with Gasteiger partial charge in [-0.2, -0.15) is 9.40 Å². The van der Waals surface area contributed by atoms with E-state index in [0.29, 0.717) is 13.1 Å². The summed E-state index contributed by atoms with van der Waals surface area (Å²) in [7, 11) is -1.62. The minimum atomic E-state index is -3.49. The number of carbonyl (C=O) groups excluding carboxylic acids is 1. The molecule has 1 N–H and O–H groups in total. The highest BCUT2D eigenvalue weighted by Crippen LogP contribution is 2.19. The number of nitrogens with zero attached hydrogens (tertiary/aromatic N) is 3. The molecule has 1 aromatic heterocycles. The van der Waals surface area contributed by atoms with Crippen LogP contribution in [0.25, 0.3) is 6.08 Å². The van der Waals surface area contributed by atoms with Crippen LogP contribution in [0.15, 0.2) is 35.2 Å². The highest BCUT2D eigenvalue weighted by Gasteiger charge is 2.21. The molecule has 0 fully saturated rings. The van der Waals surface area contributed by atoms with E-state index in [1.807, 2.05) is 41.7 Å².